The van der Waals surface area contributed by atoms with E-state index in [9.17, 15) is 13.6 Å². The number of amides is 1. The Morgan fingerprint density at radius 2 is 1.78 bits per heavy atom. The van der Waals surface area contributed by atoms with Gasteiger partial charge in [-0.2, -0.15) is 0 Å². The van der Waals surface area contributed by atoms with Gasteiger partial charge >= 0.3 is 0 Å². The number of rotatable bonds is 2. The molecule has 2 N–H and O–H groups in total. The molecule has 0 saturated heterocycles. The van der Waals surface area contributed by atoms with Crippen molar-refractivity contribution in [3.8, 4) is 11.3 Å². The number of primary amides is 1. The van der Waals surface area contributed by atoms with Crippen LogP contribution in [0.2, 0.25) is 0 Å². The van der Waals surface area contributed by atoms with Crippen LogP contribution in [0.15, 0.2) is 30.3 Å². The fourth-order valence-electron chi connectivity index (χ4n) is 1.67. The highest BCUT2D eigenvalue weighted by Crippen LogP contribution is 2.23. The Morgan fingerprint density at radius 1 is 1.17 bits per heavy atom. The van der Waals surface area contributed by atoms with Crippen LogP contribution >= 0.6 is 0 Å². The molecule has 5 heteroatoms. The maximum Gasteiger partial charge on any atom is 0.250 e. The molecular weight excluding hydrogens is 238 g/mol. The minimum atomic E-state index is -0.733. The van der Waals surface area contributed by atoms with Crippen molar-refractivity contribution in [1.29, 1.82) is 0 Å². The zero-order valence-corrected chi connectivity index (χ0v) is 9.58. The van der Waals surface area contributed by atoms with Gasteiger partial charge in [-0.3, -0.25) is 9.78 Å². The highest BCUT2D eigenvalue weighted by molar-refractivity contribution is 5.98. The summed E-state index contributed by atoms with van der Waals surface area (Å²) in [5.74, 6) is -2.16. The Bertz CT molecular complexity index is 606. The molecule has 0 aliphatic carbocycles. The summed E-state index contributed by atoms with van der Waals surface area (Å²) in [5, 5.41) is 0. The van der Waals surface area contributed by atoms with Crippen molar-refractivity contribution in [2.75, 3.05) is 0 Å². The Morgan fingerprint density at radius 3 is 2.33 bits per heavy atom. The van der Waals surface area contributed by atoms with Gasteiger partial charge in [-0.1, -0.05) is 0 Å². The van der Waals surface area contributed by atoms with Crippen molar-refractivity contribution in [1.82, 2.24) is 4.98 Å². The maximum atomic E-state index is 13.2. The molecule has 0 fully saturated rings. The first kappa shape index (κ1) is 12.2. The van der Waals surface area contributed by atoms with E-state index in [0.29, 0.717) is 5.69 Å². The molecule has 0 aliphatic rings. The minimum absolute atomic E-state index is 0.130. The van der Waals surface area contributed by atoms with Crippen molar-refractivity contribution in [3.05, 3.63) is 53.2 Å². The Labute approximate surface area is 102 Å². The third kappa shape index (κ3) is 2.34. The van der Waals surface area contributed by atoms with Crippen LogP contribution in [0.25, 0.3) is 11.3 Å². The zero-order valence-electron chi connectivity index (χ0n) is 9.58. The predicted molar refractivity (Wildman–Crippen MR) is 62.8 cm³/mol. The van der Waals surface area contributed by atoms with Gasteiger partial charge in [0.05, 0.1) is 11.3 Å². The lowest BCUT2D eigenvalue weighted by Gasteiger charge is -2.07. The monoisotopic (exact) mass is 248 g/mol. The number of benzene rings is 1. The summed E-state index contributed by atoms with van der Waals surface area (Å²) in [6, 6.07) is 6.07. The molecule has 1 heterocycles. The van der Waals surface area contributed by atoms with Gasteiger partial charge in [0.1, 0.15) is 11.6 Å². The van der Waals surface area contributed by atoms with Crippen molar-refractivity contribution in [2.24, 2.45) is 5.73 Å². The molecule has 3 nitrogen and oxygen atoms in total. The van der Waals surface area contributed by atoms with E-state index in [1.54, 1.807) is 13.0 Å². The van der Waals surface area contributed by atoms with Crippen molar-refractivity contribution < 1.29 is 13.6 Å². The largest absolute Gasteiger partial charge is 0.366 e. The standard InChI is InChI=1S/C13H10F2N2O/c1-7-2-3-11(13(16)18)12(17-7)8-4-9(14)6-10(15)5-8/h2-6H,1H3,(H2,16,18). The van der Waals surface area contributed by atoms with E-state index in [4.69, 9.17) is 5.73 Å². The summed E-state index contributed by atoms with van der Waals surface area (Å²) in [4.78, 5) is 15.4. The molecule has 0 bridgehead atoms. The lowest BCUT2D eigenvalue weighted by molar-refractivity contribution is 0.100. The Hall–Kier alpha value is -2.30. The summed E-state index contributed by atoms with van der Waals surface area (Å²) in [6.07, 6.45) is 0. The zero-order chi connectivity index (χ0) is 13.3. The van der Waals surface area contributed by atoms with E-state index in [1.807, 2.05) is 0 Å². The Balaban J connectivity index is 2.68. The molecular formula is C13H10F2N2O. The first-order chi connectivity index (χ1) is 8.47. The fourth-order valence-corrected chi connectivity index (χ4v) is 1.67. The number of aromatic nitrogens is 1. The van der Waals surface area contributed by atoms with Crippen LogP contribution in [-0.2, 0) is 0 Å². The number of hydrogen-bond donors (Lipinski definition) is 1. The minimum Gasteiger partial charge on any atom is -0.366 e. The van der Waals surface area contributed by atoms with Crippen molar-refractivity contribution in [3.63, 3.8) is 0 Å². The highest BCUT2D eigenvalue weighted by Gasteiger charge is 2.13. The number of pyridine rings is 1. The van der Waals surface area contributed by atoms with Crippen LogP contribution in [0.5, 0.6) is 0 Å². The third-order valence-corrected chi connectivity index (χ3v) is 2.44. The normalized spacial score (nSPS) is 10.4. The first-order valence-corrected chi connectivity index (χ1v) is 5.21. The molecule has 18 heavy (non-hydrogen) atoms. The first-order valence-electron chi connectivity index (χ1n) is 5.21. The quantitative estimate of drug-likeness (QED) is 0.887. The molecule has 0 radical (unpaired) electrons. The molecule has 2 rings (SSSR count). The molecule has 92 valence electrons. The van der Waals surface area contributed by atoms with Gasteiger partial charge < -0.3 is 5.73 Å². The van der Waals surface area contributed by atoms with Crippen molar-refractivity contribution >= 4 is 5.91 Å². The number of nitrogens with zero attached hydrogens (tertiary/aromatic N) is 1. The van der Waals surface area contributed by atoms with Gasteiger partial charge in [0.15, 0.2) is 0 Å². The van der Waals surface area contributed by atoms with Gasteiger partial charge in [0.2, 0.25) is 0 Å². The highest BCUT2D eigenvalue weighted by atomic mass is 19.1. The predicted octanol–water partition coefficient (Wildman–Crippen LogP) is 2.43. The average molecular weight is 248 g/mol. The molecule has 0 spiro atoms. The van der Waals surface area contributed by atoms with Gasteiger partial charge in [0.25, 0.3) is 5.91 Å². The second kappa shape index (κ2) is 4.52. The number of aryl methyl sites for hydroxylation is 1. The van der Waals surface area contributed by atoms with E-state index in [-0.39, 0.29) is 16.8 Å². The smallest absolute Gasteiger partial charge is 0.250 e. The number of carbonyl (C=O) groups is 1. The summed E-state index contributed by atoms with van der Waals surface area (Å²) < 4.78 is 26.3. The van der Waals surface area contributed by atoms with E-state index in [0.717, 1.165) is 18.2 Å². The second-order valence-corrected chi connectivity index (χ2v) is 3.87. The summed E-state index contributed by atoms with van der Waals surface area (Å²) in [5.41, 5.74) is 6.33. The average Bonchev–Trinajstić information content (AvgIpc) is 2.27. The van der Waals surface area contributed by atoms with E-state index in [2.05, 4.69) is 4.98 Å². The van der Waals surface area contributed by atoms with Gasteiger partial charge in [-0.05, 0) is 31.2 Å². The van der Waals surface area contributed by atoms with E-state index < -0.39 is 17.5 Å². The molecule has 1 amide bonds. The van der Waals surface area contributed by atoms with Crippen LogP contribution < -0.4 is 5.73 Å². The summed E-state index contributed by atoms with van der Waals surface area (Å²) in [6.45, 7) is 1.71. The Kier molecular flexibility index (Phi) is 3.06. The molecule has 0 saturated carbocycles. The number of nitrogens with two attached hydrogens (primary N) is 1. The SMILES string of the molecule is Cc1ccc(C(N)=O)c(-c2cc(F)cc(F)c2)n1. The molecule has 1 aromatic carbocycles. The van der Waals surface area contributed by atoms with Gasteiger partial charge in [-0.25, -0.2) is 8.78 Å². The van der Waals surface area contributed by atoms with Crippen LogP contribution in [0.3, 0.4) is 0 Å². The summed E-state index contributed by atoms with van der Waals surface area (Å²) in [7, 11) is 0. The third-order valence-electron chi connectivity index (χ3n) is 2.44. The molecule has 0 aliphatic heterocycles. The molecule has 2 aromatic rings. The number of halogens is 2. The van der Waals surface area contributed by atoms with Gasteiger partial charge in [-0.15, -0.1) is 0 Å². The van der Waals surface area contributed by atoms with Crippen molar-refractivity contribution in [2.45, 2.75) is 6.92 Å². The number of hydrogen-bond acceptors (Lipinski definition) is 2. The molecule has 1 aromatic heterocycles. The van der Waals surface area contributed by atoms with Crippen LogP contribution in [0.4, 0.5) is 8.78 Å². The number of carbonyl (C=O) groups excluding carboxylic acids is 1. The molecule has 0 atom stereocenters. The van der Waals surface area contributed by atoms with Crippen LogP contribution in [-0.4, -0.2) is 10.9 Å². The summed E-state index contributed by atoms with van der Waals surface area (Å²) >= 11 is 0. The topological polar surface area (TPSA) is 56.0 Å². The lowest BCUT2D eigenvalue weighted by atomic mass is 10.0. The van der Waals surface area contributed by atoms with Gasteiger partial charge in [0, 0.05) is 17.3 Å². The molecule has 0 unspecified atom stereocenters. The van der Waals surface area contributed by atoms with Crippen LogP contribution in [0.1, 0.15) is 16.1 Å². The van der Waals surface area contributed by atoms with E-state index >= 15 is 0 Å². The lowest BCUT2D eigenvalue weighted by Crippen LogP contribution is -2.13. The van der Waals surface area contributed by atoms with E-state index in [1.165, 1.54) is 6.07 Å². The second-order valence-electron chi connectivity index (χ2n) is 3.87. The fraction of sp³-hybridized carbons (Fsp3) is 0.0769. The van der Waals surface area contributed by atoms with Crippen LogP contribution in [0, 0.1) is 18.6 Å². The maximum absolute atomic E-state index is 13.2.